The number of carbonyl (C=O) groups is 1. The zero-order valence-electron chi connectivity index (χ0n) is 15.2. The first-order chi connectivity index (χ1) is 13.7. The zero-order valence-corrected chi connectivity index (χ0v) is 15.2. The molecule has 7 heteroatoms. The maximum Gasteiger partial charge on any atom is 0.335 e. The smallest absolute Gasteiger partial charge is 0.335 e. The van der Waals surface area contributed by atoms with Crippen LogP contribution in [0.25, 0.3) is 11.3 Å². The predicted molar refractivity (Wildman–Crippen MR) is 107 cm³/mol. The summed E-state index contributed by atoms with van der Waals surface area (Å²) in [6, 6.07) is 16.6. The molecule has 0 spiro atoms. The summed E-state index contributed by atoms with van der Waals surface area (Å²) < 4.78 is 5.39. The standard InChI is InChI=1S/C21H20N4O3/c26-20(27)16-3-1-2-15(14-16)19-8-9-22-21(24-19)23-17-4-6-18(7-5-17)25-10-12-28-13-11-25/h1-9,14H,10-13H2,(H,26,27)(H,22,23,24). The molecule has 0 bridgehead atoms. The van der Waals surface area contributed by atoms with Crippen LogP contribution in [0.1, 0.15) is 10.4 Å². The lowest BCUT2D eigenvalue weighted by atomic mass is 10.1. The highest BCUT2D eigenvalue weighted by Gasteiger charge is 2.11. The summed E-state index contributed by atoms with van der Waals surface area (Å²) in [4.78, 5) is 22.2. The number of aromatic carboxylic acids is 1. The molecule has 2 heterocycles. The number of carboxylic acid groups (broad SMARTS) is 1. The van der Waals surface area contributed by atoms with Gasteiger partial charge in [0, 0.05) is 36.2 Å². The van der Waals surface area contributed by atoms with Crippen LogP contribution in [-0.2, 0) is 4.74 Å². The van der Waals surface area contributed by atoms with Crippen molar-refractivity contribution in [3.8, 4) is 11.3 Å². The lowest BCUT2D eigenvalue weighted by Gasteiger charge is -2.28. The van der Waals surface area contributed by atoms with E-state index in [1.54, 1.807) is 30.5 Å². The van der Waals surface area contributed by atoms with Crippen LogP contribution in [0.4, 0.5) is 17.3 Å². The van der Waals surface area contributed by atoms with Crippen molar-refractivity contribution in [3.63, 3.8) is 0 Å². The quantitative estimate of drug-likeness (QED) is 0.705. The Labute approximate surface area is 162 Å². The minimum Gasteiger partial charge on any atom is -0.478 e. The lowest BCUT2D eigenvalue weighted by molar-refractivity contribution is 0.0697. The molecule has 7 nitrogen and oxygen atoms in total. The summed E-state index contributed by atoms with van der Waals surface area (Å²) in [6.45, 7) is 3.30. The van der Waals surface area contributed by atoms with E-state index in [1.165, 1.54) is 0 Å². The van der Waals surface area contributed by atoms with E-state index in [1.807, 2.05) is 18.2 Å². The molecule has 0 unspecified atom stereocenters. The molecule has 1 saturated heterocycles. The van der Waals surface area contributed by atoms with E-state index in [-0.39, 0.29) is 5.56 Å². The number of nitrogens with one attached hydrogen (secondary N) is 1. The molecule has 4 rings (SSSR count). The molecule has 0 aliphatic carbocycles. The minimum absolute atomic E-state index is 0.226. The first-order valence-corrected chi connectivity index (χ1v) is 9.05. The number of benzene rings is 2. The second-order valence-corrected chi connectivity index (χ2v) is 6.42. The van der Waals surface area contributed by atoms with E-state index in [9.17, 15) is 4.79 Å². The van der Waals surface area contributed by atoms with Gasteiger partial charge in [-0.3, -0.25) is 0 Å². The van der Waals surface area contributed by atoms with Gasteiger partial charge in [0.1, 0.15) is 0 Å². The summed E-state index contributed by atoms with van der Waals surface area (Å²) >= 11 is 0. The molecule has 2 N–H and O–H groups in total. The van der Waals surface area contributed by atoms with Crippen molar-refractivity contribution in [1.82, 2.24) is 9.97 Å². The summed E-state index contributed by atoms with van der Waals surface area (Å²) in [5.41, 5.74) is 3.66. The Balaban J connectivity index is 1.50. The largest absolute Gasteiger partial charge is 0.478 e. The van der Waals surface area contributed by atoms with Crippen LogP contribution in [0.15, 0.2) is 60.8 Å². The van der Waals surface area contributed by atoms with E-state index in [2.05, 4.69) is 32.3 Å². The van der Waals surface area contributed by atoms with Gasteiger partial charge in [-0.05, 0) is 42.5 Å². The monoisotopic (exact) mass is 376 g/mol. The number of carboxylic acids is 1. The van der Waals surface area contributed by atoms with Gasteiger partial charge < -0.3 is 20.1 Å². The third-order valence-corrected chi connectivity index (χ3v) is 4.56. The number of nitrogens with zero attached hydrogens (tertiary/aromatic N) is 3. The Hall–Kier alpha value is -3.45. The first kappa shape index (κ1) is 17.9. The molecule has 28 heavy (non-hydrogen) atoms. The fraction of sp³-hybridized carbons (Fsp3) is 0.190. The van der Waals surface area contributed by atoms with Gasteiger partial charge in [0.05, 0.1) is 24.5 Å². The molecule has 1 fully saturated rings. The molecule has 0 amide bonds. The Kier molecular flexibility index (Phi) is 5.16. The van der Waals surface area contributed by atoms with Gasteiger partial charge in [0.15, 0.2) is 0 Å². The highest BCUT2D eigenvalue weighted by molar-refractivity contribution is 5.89. The van der Waals surface area contributed by atoms with Crippen molar-refractivity contribution in [2.24, 2.45) is 0 Å². The van der Waals surface area contributed by atoms with Gasteiger partial charge in [-0.2, -0.15) is 0 Å². The number of anilines is 3. The maximum absolute atomic E-state index is 11.2. The van der Waals surface area contributed by atoms with E-state index in [0.29, 0.717) is 11.6 Å². The molecule has 2 aromatic carbocycles. The maximum atomic E-state index is 11.2. The Morgan fingerprint density at radius 3 is 2.61 bits per heavy atom. The van der Waals surface area contributed by atoms with Crippen LogP contribution >= 0.6 is 0 Å². The Bertz CT molecular complexity index is 969. The van der Waals surface area contributed by atoms with Gasteiger partial charge in [-0.15, -0.1) is 0 Å². The molecular formula is C21H20N4O3. The molecule has 1 aliphatic heterocycles. The molecule has 0 saturated carbocycles. The summed E-state index contributed by atoms with van der Waals surface area (Å²) in [6.07, 6.45) is 1.65. The molecule has 1 aromatic heterocycles. The molecule has 3 aromatic rings. The molecule has 0 atom stereocenters. The fourth-order valence-electron chi connectivity index (χ4n) is 3.10. The number of rotatable bonds is 5. The molecule has 1 aliphatic rings. The predicted octanol–water partition coefficient (Wildman–Crippen LogP) is 3.42. The third kappa shape index (κ3) is 4.10. The lowest BCUT2D eigenvalue weighted by Crippen LogP contribution is -2.36. The number of hydrogen-bond acceptors (Lipinski definition) is 6. The van der Waals surface area contributed by atoms with Crippen molar-refractivity contribution in [2.45, 2.75) is 0 Å². The number of hydrogen-bond donors (Lipinski definition) is 2. The van der Waals surface area contributed by atoms with Crippen LogP contribution in [0.2, 0.25) is 0 Å². The highest BCUT2D eigenvalue weighted by atomic mass is 16.5. The van der Waals surface area contributed by atoms with Crippen LogP contribution in [-0.4, -0.2) is 47.3 Å². The van der Waals surface area contributed by atoms with E-state index in [4.69, 9.17) is 9.84 Å². The van der Waals surface area contributed by atoms with E-state index in [0.717, 1.165) is 43.2 Å². The zero-order chi connectivity index (χ0) is 19.3. The van der Waals surface area contributed by atoms with Crippen LogP contribution < -0.4 is 10.2 Å². The SMILES string of the molecule is O=C(O)c1cccc(-c2ccnc(Nc3ccc(N4CCOCC4)cc3)n2)c1. The summed E-state index contributed by atoms with van der Waals surface area (Å²) in [7, 11) is 0. The Morgan fingerprint density at radius 1 is 1.07 bits per heavy atom. The average molecular weight is 376 g/mol. The topological polar surface area (TPSA) is 87.6 Å². The van der Waals surface area contributed by atoms with E-state index < -0.39 is 5.97 Å². The minimum atomic E-state index is -0.963. The number of aromatic nitrogens is 2. The summed E-state index contributed by atoms with van der Waals surface area (Å²) in [5.74, 6) is -0.507. The second-order valence-electron chi connectivity index (χ2n) is 6.42. The van der Waals surface area contributed by atoms with E-state index >= 15 is 0 Å². The van der Waals surface area contributed by atoms with Gasteiger partial charge in [-0.1, -0.05) is 12.1 Å². The molecular weight excluding hydrogens is 356 g/mol. The van der Waals surface area contributed by atoms with Crippen LogP contribution in [0.3, 0.4) is 0 Å². The van der Waals surface area contributed by atoms with Gasteiger partial charge >= 0.3 is 5.97 Å². The van der Waals surface area contributed by atoms with Gasteiger partial charge in [0.2, 0.25) is 5.95 Å². The van der Waals surface area contributed by atoms with Gasteiger partial charge in [0.25, 0.3) is 0 Å². The van der Waals surface area contributed by atoms with Gasteiger partial charge in [-0.25, -0.2) is 14.8 Å². The molecule has 142 valence electrons. The average Bonchev–Trinajstić information content (AvgIpc) is 2.75. The van der Waals surface area contributed by atoms with Crippen LogP contribution in [0, 0.1) is 0 Å². The normalized spacial score (nSPS) is 13.9. The Morgan fingerprint density at radius 2 is 1.86 bits per heavy atom. The number of morpholine rings is 1. The fourth-order valence-corrected chi connectivity index (χ4v) is 3.10. The van der Waals surface area contributed by atoms with Crippen molar-refractivity contribution in [3.05, 3.63) is 66.4 Å². The summed E-state index contributed by atoms with van der Waals surface area (Å²) in [5, 5.41) is 12.4. The van der Waals surface area contributed by atoms with Crippen molar-refractivity contribution >= 4 is 23.3 Å². The van der Waals surface area contributed by atoms with Crippen LogP contribution in [0.5, 0.6) is 0 Å². The second kappa shape index (κ2) is 8.06. The molecule has 0 radical (unpaired) electrons. The van der Waals surface area contributed by atoms with Crippen molar-refractivity contribution < 1.29 is 14.6 Å². The third-order valence-electron chi connectivity index (χ3n) is 4.56. The first-order valence-electron chi connectivity index (χ1n) is 9.05. The highest BCUT2D eigenvalue weighted by Crippen LogP contribution is 2.23. The van der Waals surface area contributed by atoms with Crippen molar-refractivity contribution in [1.29, 1.82) is 0 Å². The van der Waals surface area contributed by atoms with Crippen molar-refractivity contribution in [2.75, 3.05) is 36.5 Å². The number of ether oxygens (including phenoxy) is 1.